The van der Waals surface area contributed by atoms with E-state index in [-0.39, 0.29) is 5.91 Å². The molecule has 1 amide bonds. The second-order valence-electron chi connectivity index (χ2n) is 4.10. The molecule has 0 saturated heterocycles. The maximum Gasteiger partial charge on any atom is 0.253 e. The van der Waals surface area contributed by atoms with Gasteiger partial charge in [-0.25, -0.2) is 0 Å². The summed E-state index contributed by atoms with van der Waals surface area (Å²) in [5.41, 5.74) is 6.60. The van der Waals surface area contributed by atoms with Crippen LogP contribution in [0, 0.1) is 0 Å². The molecule has 0 unspecified atom stereocenters. The molecule has 1 aromatic carbocycles. The lowest BCUT2D eigenvalue weighted by Gasteiger charge is -2.16. The Bertz CT molecular complexity index is 612. The molecule has 0 aliphatic rings. The van der Waals surface area contributed by atoms with Crippen LogP contribution in [0.1, 0.15) is 15.2 Å². The molecule has 2 N–H and O–H groups in total. The Morgan fingerprint density at radius 3 is 2.63 bits per heavy atom. The monoisotopic (exact) mass is 314 g/mol. The van der Waals surface area contributed by atoms with E-state index in [2.05, 4.69) is 0 Å². The van der Waals surface area contributed by atoms with Crippen molar-refractivity contribution in [3.63, 3.8) is 0 Å². The first-order chi connectivity index (χ1) is 8.97. The first kappa shape index (κ1) is 14.2. The molecule has 1 aromatic heterocycles. The number of nitrogen functional groups attached to an aromatic ring is 1. The van der Waals surface area contributed by atoms with Gasteiger partial charge in [0.05, 0.1) is 21.6 Å². The molecule has 3 nitrogen and oxygen atoms in total. The lowest BCUT2D eigenvalue weighted by atomic mass is 10.2. The highest BCUT2D eigenvalue weighted by atomic mass is 35.5. The topological polar surface area (TPSA) is 46.3 Å². The molecule has 19 heavy (non-hydrogen) atoms. The zero-order valence-electron chi connectivity index (χ0n) is 10.2. The molecule has 0 bridgehead atoms. The molecular weight excluding hydrogens is 303 g/mol. The third-order valence-electron chi connectivity index (χ3n) is 2.62. The lowest BCUT2D eigenvalue weighted by molar-refractivity contribution is 0.0786. The molecule has 0 fully saturated rings. The number of benzene rings is 1. The van der Waals surface area contributed by atoms with E-state index in [1.807, 2.05) is 12.1 Å². The standard InChI is InChI=1S/C13H12Cl2N2OS/c1-17(7-9-3-5-12(15)19-9)13(18)8-2-4-11(16)10(14)6-8/h2-6H,7,16H2,1H3. The van der Waals surface area contributed by atoms with Crippen molar-refractivity contribution in [2.24, 2.45) is 0 Å². The van der Waals surface area contributed by atoms with Gasteiger partial charge >= 0.3 is 0 Å². The van der Waals surface area contributed by atoms with Crippen molar-refractivity contribution < 1.29 is 4.79 Å². The van der Waals surface area contributed by atoms with Gasteiger partial charge in [0, 0.05) is 17.5 Å². The fourth-order valence-corrected chi connectivity index (χ4v) is 2.94. The predicted octanol–water partition coefficient (Wildman–Crippen LogP) is 3.91. The van der Waals surface area contributed by atoms with Gasteiger partial charge in [-0.3, -0.25) is 4.79 Å². The number of carbonyl (C=O) groups excluding carboxylic acids is 1. The minimum atomic E-state index is -0.105. The van der Waals surface area contributed by atoms with Crippen molar-refractivity contribution in [2.45, 2.75) is 6.54 Å². The van der Waals surface area contributed by atoms with E-state index in [9.17, 15) is 4.79 Å². The second kappa shape index (κ2) is 5.82. The van der Waals surface area contributed by atoms with Crippen molar-refractivity contribution in [1.29, 1.82) is 0 Å². The molecule has 1 heterocycles. The van der Waals surface area contributed by atoms with Crippen molar-refractivity contribution in [1.82, 2.24) is 4.90 Å². The van der Waals surface area contributed by atoms with Crippen LogP contribution in [0.3, 0.4) is 0 Å². The van der Waals surface area contributed by atoms with Crippen LogP contribution in [0.2, 0.25) is 9.36 Å². The zero-order valence-corrected chi connectivity index (χ0v) is 12.5. The number of hydrogen-bond donors (Lipinski definition) is 1. The maximum atomic E-state index is 12.2. The summed E-state index contributed by atoms with van der Waals surface area (Å²) in [6.07, 6.45) is 0. The molecule has 0 aliphatic heterocycles. The predicted molar refractivity (Wildman–Crippen MR) is 81.0 cm³/mol. The second-order valence-corrected chi connectivity index (χ2v) is 6.31. The largest absolute Gasteiger partial charge is 0.398 e. The quantitative estimate of drug-likeness (QED) is 0.873. The summed E-state index contributed by atoms with van der Waals surface area (Å²) in [5, 5.41) is 0.387. The van der Waals surface area contributed by atoms with E-state index in [4.69, 9.17) is 28.9 Å². The molecule has 2 aromatic rings. The summed E-state index contributed by atoms with van der Waals surface area (Å²) in [7, 11) is 1.74. The number of hydrogen-bond acceptors (Lipinski definition) is 3. The molecule has 100 valence electrons. The Balaban J connectivity index is 2.12. The number of thiophene rings is 1. The summed E-state index contributed by atoms with van der Waals surface area (Å²) < 4.78 is 0.714. The number of halogens is 2. The molecule has 0 aliphatic carbocycles. The Hall–Kier alpha value is -1.23. The van der Waals surface area contributed by atoms with Gasteiger partial charge in [-0.1, -0.05) is 23.2 Å². The average molecular weight is 315 g/mol. The van der Waals surface area contributed by atoms with Crippen LogP contribution < -0.4 is 5.73 Å². The van der Waals surface area contributed by atoms with Gasteiger partial charge in [0.1, 0.15) is 0 Å². The molecule has 0 radical (unpaired) electrons. The molecule has 0 atom stereocenters. The van der Waals surface area contributed by atoms with Gasteiger partial charge in [-0.2, -0.15) is 0 Å². The van der Waals surface area contributed by atoms with E-state index in [1.54, 1.807) is 30.1 Å². The Morgan fingerprint density at radius 1 is 1.32 bits per heavy atom. The van der Waals surface area contributed by atoms with Crippen molar-refractivity contribution >= 4 is 46.1 Å². The average Bonchev–Trinajstić information content (AvgIpc) is 2.77. The number of carbonyl (C=O) groups is 1. The number of amides is 1. The first-order valence-electron chi connectivity index (χ1n) is 5.52. The van der Waals surface area contributed by atoms with Gasteiger partial charge in [0.15, 0.2) is 0 Å². The van der Waals surface area contributed by atoms with E-state index < -0.39 is 0 Å². The summed E-state index contributed by atoms with van der Waals surface area (Å²) in [6, 6.07) is 8.61. The van der Waals surface area contributed by atoms with Gasteiger partial charge in [-0.15, -0.1) is 11.3 Å². The van der Waals surface area contributed by atoms with Crippen LogP contribution >= 0.6 is 34.5 Å². The Labute approximate surface area is 125 Å². The van der Waals surface area contributed by atoms with Crippen LogP contribution in [-0.4, -0.2) is 17.9 Å². The fourth-order valence-electron chi connectivity index (χ4n) is 1.62. The first-order valence-corrected chi connectivity index (χ1v) is 7.09. The van der Waals surface area contributed by atoms with E-state index in [1.165, 1.54) is 11.3 Å². The smallest absolute Gasteiger partial charge is 0.253 e. The van der Waals surface area contributed by atoms with Gasteiger partial charge in [0.25, 0.3) is 5.91 Å². The molecular formula is C13H12Cl2N2OS. The highest BCUT2D eigenvalue weighted by Crippen LogP contribution is 2.24. The molecule has 6 heteroatoms. The number of rotatable bonds is 3. The highest BCUT2D eigenvalue weighted by Gasteiger charge is 2.14. The van der Waals surface area contributed by atoms with E-state index in [0.717, 1.165) is 4.88 Å². The zero-order chi connectivity index (χ0) is 14.0. The van der Waals surface area contributed by atoms with Crippen LogP contribution in [0.15, 0.2) is 30.3 Å². The van der Waals surface area contributed by atoms with Crippen LogP contribution in [0.5, 0.6) is 0 Å². The lowest BCUT2D eigenvalue weighted by Crippen LogP contribution is -2.25. The molecule has 2 rings (SSSR count). The number of nitrogens with two attached hydrogens (primary N) is 1. The maximum absolute atomic E-state index is 12.2. The van der Waals surface area contributed by atoms with E-state index >= 15 is 0 Å². The summed E-state index contributed by atoms with van der Waals surface area (Å²) in [6.45, 7) is 0.512. The minimum Gasteiger partial charge on any atom is -0.398 e. The van der Waals surface area contributed by atoms with Crippen molar-refractivity contribution in [3.05, 3.63) is 50.1 Å². The van der Waals surface area contributed by atoms with Gasteiger partial charge in [-0.05, 0) is 30.3 Å². The van der Waals surface area contributed by atoms with Gasteiger partial charge < -0.3 is 10.6 Å². The Morgan fingerprint density at radius 2 is 2.05 bits per heavy atom. The Kier molecular flexibility index (Phi) is 4.34. The minimum absolute atomic E-state index is 0.105. The van der Waals surface area contributed by atoms with Crippen LogP contribution in [-0.2, 0) is 6.54 Å². The normalized spacial score (nSPS) is 10.5. The van der Waals surface area contributed by atoms with Crippen molar-refractivity contribution in [2.75, 3.05) is 12.8 Å². The van der Waals surface area contributed by atoms with Crippen LogP contribution in [0.4, 0.5) is 5.69 Å². The summed E-state index contributed by atoms with van der Waals surface area (Å²) in [5.74, 6) is -0.105. The van der Waals surface area contributed by atoms with Crippen LogP contribution in [0.25, 0.3) is 0 Å². The number of anilines is 1. The third kappa shape index (κ3) is 3.41. The van der Waals surface area contributed by atoms with E-state index in [0.29, 0.717) is 27.2 Å². The molecule has 0 saturated carbocycles. The fraction of sp³-hybridized carbons (Fsp3) is 0.154. The van der Waals surface area contributed by atoms with Gasteiger partial charge in [0.2, 0.25) is 0 Å². The summed E-state index contributed by atoms with van der Waals surface area (Å²) in [4.78, 5) is 14.9. The van der Waals surface area contributed by atoms with Crippen molar-refractivity contribution in [3.8, 4) is 0 Å². The SMILES string of the molecule is CN(Cc1ccc(Cl)s1)C(=O)c1ccc(N)c(Cl)c1. The molecule has 0 spiro atoms. The summed E-state index contributed by atoms with van der Waals surface area (Å²) >= 11 is 13.2. The number of nitrogens with zero attached hydrogens (tertiary/aromatic N) is 1. The third-order valence-corrected chi connectivity index (χ3v) is 4.16. The highest BCUT2D eigenvalue weighted by molar-refractivity contribution is 7.16.